The Labute approximate surface area is 196 Å². The molecule has 6 nitrogen and oxygen atoms in total. The van der Waals surface area contributed by atoms with Crippen molar-refractivity contribution in [1.29, 1.82) is 0 Å². The number of aromatic nitrogens is 1. The molecule has 1 N–H and O–H groups in total. The maximum Gasteiger partial charge on any atom is 0.193 e. The first kappa shape index (κ1) is 24.8. The summed E-state index contributed by atoms with van der Waals surface area (Å²) in [5.41, 5.74) is 1.38. The number of guanidine groups is 1. The van der Waals surface area contributed by atoms with Gasteiger partial charge in [-0.1, -0.05) is 0 Å². The molecule has 1 fully saturated rings. The minimum atomic E-state index is 0. The van der Waals surface area contributed by atoms with Crippen molar-refractivity contribution in [3.8, 4) is 0 Å². The zero-order chi connectivity index (χ0) is 19.6. The van der Waals surface area contributed by atoms with E-state index in [0.29, 0.717) is 6.10 Å². The highest BCUT2D eigenvalue weighted by atomic mass is 127. The number of aliphatic imine (C=N–C) groups is 1. The zero-order valence-corrected chi connectivity index (χ0v) is 21.1. The molecule has 29 heavy (non-hydrogen) atoms. The molecule has 0 saturated carbocycles. The van der Waals surface area contributed by atoms with Crippen molar-refractivity contribution in [2.45, 2.75) is 63.9 Å². The van der Waals surface area contributed by atoms with E-state index in [1.807, 2.05) is 18.4 Å². The monoisotopic (exact) mass is 536 g/mol. The van der Waals surface area contributed by atoms with Gasteiger partial charge in [-0.15, -0.1) is 35.3 Å². The summed E-state index contributed by atoms with van der Waals surface area (Å²) >= 11 is 1.94. The van der Waals surface area contributed by atoms with Gasteiger partial charge < -0.3 is 19.7 Å². The summed E-state index contributed by atoms with van der Waals surface area (Å²) in [6, 6.07) is 0. The number of thiazole rings is 1. The van der Waals surface area contributed by atoms with E-state index in [0.717, 1.165) is 70.9 Å². The third-order valence-electron chi connectivity index (χ3n) is 5.54. The van der Waals surface area contributed by atoms with E-state index in [1.54, 1.807) is 7.11 Å². The molecule has 1 aromatic rings. The molecule has 8 heteroatoms. The van der Waals surface area contributed by atoms with Gasteiger partial charge in [-0.05, 0) is 51.4 Å². The summed E-state index contributed by atoms with van der Waals surface area (Å²) < 4.78 is 11.0. The van der Waals surface area contributed by atoms with Crippen molar-refractivity contribution in [3.05, 3.63) is 15.6 Å². The lowest BCUT2D eigenvalue weighted by atomic mass is 10.0. The minimum absolute atomic E-state index is 0. The fourth-order valence-electron chi connectivity index (χ4n) is 3.97. The van der Waals surface area contributed by atoms with Gasteiger partial charge in [0.05, 0.1) is 16.8 Å². The highest BCUT2D eigenvalue weighted by molar-refractivity contribution is 14.0. The van der Waals surface area contributed by atoms with Crippen LogP contribution < -0.4 is 5.32 Å². The number of nitrogens with one attached hydrogen (secondary N) is 1. The predicted octanol–water partition coefficient (Wildman–Crippen LogP) is 3.67. The van der Waals surface area contributed by atoms with E-state index in [9.17, 15) is 0 Å². The lowest BCUT2D eigenvalue weighted by molar-refractivity contribution is 0.00991. The summed E-state index contributed by atoms with van der Waals surface area (Å²) in [5.74, 6) is 1.02. The molecule has 2 heterocycles. The smallest absolute Gasteiger partial charge is 0.193 e. The summed E-state index contributed by atoms with van der Waals surface area (Å²) in [4.78, 5) is 13.2. The molecule has 1 aromatic heterocycles. The highest BCUT2D eigenvalue weighted by Crippen LogP contribution is 2.27. The molecule has 166 valence electrons. The summed E-state index contributed by atoms with van der Waals surface area (Å²) in [7, 11) is 3.62. The van der Waals surface area contributed by atoms with Gasteiger partial charge in [-0.25, -0.2) is 4.98 Å². The van der Waals surface area contributed by atoms with Crippen LogP contribution in [0.25, 0.3) is 0 Å². The lowest BCUT2D eigenvalue weighted by Gasteiger charge is -2.34. The van der Waals surface area contributed by atoms with Gasteiger partial charge in [0.1, 0.15) is 0 Å². The quantitative estimate of drug-likeness (QED) is 0.226. The van der Waals surface area contributed by atoms with E-state index in [1.165, 1.54) is 41.3 Å². The van der Waals surface area contributed by atoms with Crippen LogP contribution in [-0.4, -0.2) is 69.0 Å². The van der Waals surface area contributed by atoms with E-state index in [4.69, 9.17) is 14.5 Å². The van der Waals surface area contributed by atoms with Gasteiger partial charge in [0.2, 0.25) is 0 Å². The number of fused-ring (bicyclic) bond motifs is 1. The van der Waals surface area contributed by atoms with Crippen LogP contribution in [0, 0.1) is 0 Å². The molecule has 3 rings (SSSR count). The number of aryl methyl sites for hydroxylation is 3. The normalized spacial score (nSPS) is 17.7. The fourth-order valence-corrected chi connectivity index (χ4v) is 5.17. The van der Waals surface area contributed by atoms with Crippen molar-refractivity contribution in [2.24, 2.45) is 4.99 Å². The Kier molecular flexibility index (Phi) is 11.8. The van der Waals surface area contributed by atoms with E-state index in [2.05, 4.69) is 15.2 Å². The third kappa shape index (κ3) is 7.95. The van der Waals surface area contributed by atoms with Gasteiger partial charge in [-0.3, -0.25) is 4.99 Å². The Hall–Kier alpha value is -0.450. The molecule has 0 atom stereocenters. The molecular formula is C21H37IN4O2S. The standard InChI is InChI=1S/C21H36N4O2S.HI/c1-22-21(25-13-10-17(11-14-25)27-16-6-15-26-2)23-12-5-9-20-24-18-7-3-4-8-19(18)28-20;/h17H,3-16H2,1-2H3,(H,22,23);1H. The molecule has 0 unspecified atom stereocenters. The molecule has 0 bridgehead atoms. The number of hydrogen-bond donors (Lipinski definition) is 1. The van der Waals surface area contributed by atoms with Gasteiger partial charge in [0, 0.05) is 58.3 Å². The summed E-state index contributed by atoms with van der Waals surface area (Å²) in [6.07, 6.45) is 10.7. The average molecular weight is 537 g/mol. The lowest BCUT2D eigenvalue weighted by Crippen LogP contribution is -2.47. The van der Waals surface area contributed by atoms with Crippen molar-refractivity contribution in [2.75, 3.05) is 47.0 Å². The van der Waals surface area contributed by atoms with Crippen LogP contribution in [0.2, 0.25) is 0 Å². The van der Waals surface area contributed by atoms with Crippen molar-refractivity contribution >= 4 is 41.3 Å². The SMILES string of the molecule is CN=C(NCCCc1nc2c(s1)CCCC2)N1CCC(OCCCOC)CC1.I. The predicted molar refractivity (Wildman–Crippen MR) is 131 cm³/mol. The van der Waals surface area contributed by atoms with Crippen LogP contribution in [0.15, 0.2) is 4.99 Å². The molecule has 1 aliphatic carbocycles. The van der Waals surface area contributed by atoms with Crippen molar-refractivity contribution in [1.82, 2.24) is 15.2 Å². The fraction of sp³-hybridized carbons (Fsp3) is 0.810. The second-order valence-corrected chi connectivity index (χ2v) is 8.83. The van der Waals surface area contributed by atoms with Crippen LogP contribution in [0.1, 0.15) is 54.1 Å². The minimum Gasteiger partial charge on any atom is -0.385 e. The molecule has 0 spiro atoms. The second-order valence-electron chi connectivity index (χ2n) is 7.67. The Bertz CT molecular complexity index is 594. The maximum atomic E-state index is 5.96. The van der Waals surface area contributed by atoms with Crippen LogP contribution >= 0.6 is 35.3 Å². The van der Waals surface area contributed by atoms with Gasteiger partial charge in [0.15, 0.2) is 5.96 Å². The number of halogens is 1. The molecule has 0 amide bonds. The van der Waals surface area contributed by atoms with Crippen LogP contribution in [0.3, 0.4) is 0 Å². The van der Waals surface area contributed by atoms with Crippen LogP contribution in [-0.2, 0) is 28.7 Å². The van der Waals surface area contributed by atoms with Gasteiger partial charge in [0.25, 0.3) is 0 Å². The summed E-state index contributed by atoms with van der Waals surface area (Å²) in [6.45, 7) is 4.54. The van der Waals surface area contributed by atoms with Gasteiger partial charge >= 0.3 is 0 Å². The molecular weight excluding hydrogens is 499 g/mol. The number of methoxy groups -OCH3 is 1. The first-order chi connectivity index (χ1) is 13.8. The van der Waals surface area contributed by atoms with Crippen LogP contribution in [0.5, 0.6) is 0 Å². The van der Waals surface area contributed by atoms with Gasteiger partial charge in [-0.2, -0.15) is 0 Å². The van der Waals surface area contributed by atoms with Crippen molar-refractivity contribution < 1.29 is 9.47 Å². The number of rotatable bonds is 9. The Morgan fingerprint density at radius 1 is 1.21 bits per heavy atom. The van der Waals surface area contributed by atoms with Crippen molar-refractivity contribution in [3.63, 3.8) is 0 Å². The Balaban J connectivity index is 0.00000300. The topological polar surface area (TPSA) is 59.0 Å². The number of ether oxygens (including phenoxy) is 2. The summed E-state index contributed by atoms with van der Waals surface area (Å²) in [5, 5.41) is 4.86. The van der Waals surface area contributed by atoms with Crippen LogP contribution in [0.4, 0.5) is 0 Å². The number of likely N-dealkylation sites (tertiary alicyclic amines) is 1. The molecule has 0 radical (unpaired) electrons. The Morgan fingerprint density at radius 3 is 2.72 bits per heavy atom. The number of nitrogens with zero attached hydrogens (tertiary/aromatic N) is 3. The number of hydrogen-bond acceptors (Lipinski definition) is 5. The van der Waals surface area contributed by atoms with E-state index in [-0.39, 0.29) is 24.0 Å². The molecule has 2 aliphatic rings. The number of piperidine rings is 1. The first-order valence-corrected chi connectivity index (χ1v) is 11.7. The Morgan fingerprint density at radius 2 is 2.00 bits per heavy atom. The average Bonchev–Trinajstić information content (AvgIpc) is 3.15. The molecule has 1 saturated heterocycles. The second kappa shape index (κ2) is 13.8. The van der Waals surface area contributed by atoms with E-state index >= 15 is 0 Å². The maximum absolute atomic E-state index is 5.96. The molecule has 1 aliphatic heterocycles. The zero-order valence-electron chi connectivity index (χ0n) is 18.0. The first-order valence-electron chi connectivity index (χ1n) is 10.8. The van der Waals surface area contributed by atoms with E-state index < -0.39 is 0 Å². The highest BCUT2D eigenvalue weighted by Gasteiger charge is 2.21. The third-order valence-corrected chi connectivity index (χ3v) is 6.76. The largest absolute Gasteiger partial charge is 0.385 e. The molecule has 0 aromatic carbocycles.